The SMILES string of the molecule is CNCc1ccc(N2CC3CCC(O)C3C2)c(Br)c1. The summed E-state index contributed by atoms with van der Waals surface area (Å²) >= 11 is 3.69. The van der Waals surface area contributed by atoms with Crippen molar-refractivity contribution in [1.29, 1.82) is 0 Å². The van der Waals surface area contributed by atoms with Crippen LogP contribution in [0.15, 0.2) is 22.7 Å². The summed E-state index contributed by atoms with van der Waals surface area (Å²) in [5.74, 6) is 1.16. The summed E-state index contributed by atoms with van der Waals surface area (Å²) in [4.78, 5) is 2.42. The number of nitrogens with zero attached hydrogens (tertiary/aromatic N) is 1. The van der Waals surface area contributed by atoms with Crippen LogP contribution < -0.4 is 10.2 Å². The Bertz CT molecular complexity index is 465. The molecular formula is C15H21BrN2O. The first-order chi connectivity index (χ1) is 9.19. The highest BCUT2D eigenvalue weighted by Gasteiger charge is 2.42. The predicted molar refractivity (Wildman–Crippen MR) is 81.3 cm³/mol. The van der Waals surface area contributed by atoms with Crippen LogP contribution in [-0.4, -0.2) is 31.3 Å². The van der Waals surface area contributed by atoms with Crippen molar-refractivity contribution in [2.45, 2.75) is 25.5 Å². The Morgan fingerprint density at radius 3 is 2.89 bits per heavy atom. The van der Waals surface area contributed by atoms with E-state index in [1.54, 1.807) is 0 Å². The van der Waals surface area contributed by atoms with Gasteiger partial charge in [0.05, 0.1) is 11.8 Å². The van der Waals surface area contributed by atoms with Crippen LogP contribution in [-0.2, 0) is 6.54 Å². The van der Waals surface area contributed by atoms with Crippen molar-refractivity contribution in [3.63, 3.8) is 0 Å². The van der Waals surface area contributed by atoms with Crippen molar-refractivity contribution >= 4 is 21.6 Å². The second-order valence-corrected chi connectivity index (χ2v) is 6.64. The summed E-state index contributed by atoms with van der Waals surface area (Å²) in [5, 5.41) is 13.2. The van der Waals surface area contributed by atoms with Crippen molar-refractivity contribution in [2.24, 2.45) is 11.8 Å². The Morgan fingerprint density at radius 2 is 2.21 bits per heavy atom. The van der Waals surface area contributed by atoms with Crippen LogP contribution in [0, 0.1) is 11.8 Å². The number of hydrogen-bond acceptors (Lipinski definition) is 3. The number of nitrogens with one attached hydrogen (secondary N) is 1. The van der Waals surface area contributed by atoms with E-state index in [2.05, 4.69) is 44.3 Å². The van der Waals surface area contributed by atoms with E-state index in [1.165, 1.54) is 17.7 Å². The molecule has 4 heteroatoms. The number of benzene rings is 1. The van der Waals surface area contributed by atoms with E-state index >= 15 is 0 Å². The molecule has 1 aromatic carbocycles. The maximum absolute atomic E-state index is 10.0. The monoisotopic (exact) mass is 324 g/mol. The molecule has 0 spiro atoms. The molecule has 1 saturated carbocycles. The summed E-state index contributed by atoms with van der Waals surface area (Å²) in [6.45, 7) is 2.98. The lowest BCUT2D eigenvalue weighted by molar-refractivity contribution is 0.133. The molecule has 0 aromatic heterocycles. The van der Waals surface area contributed by atoms with Crippen LogP contribution in [0.4, 0.5) is 5.69 Å². The molecule has 3 rings (SSSR count). The highest BCUT2D eigenvalue weighted by Crippen LogP contribution is 2.41. The number of anilines is 1. The van der Waals surface area contributed by atoms with Gasteiger partial charge in [0, 0.05) is 30.0 Å². The second kappa shape index (κ2) is 5.43. The Labute approximate surface area is 123 Å². The van der Waals surface area contributed by atoms with Crippen molar-refractivity contribution in [2.75, 3.05) is 25.0 Å². The molecule has 1 heterocycles. The first-order valence-electron chi connectivity index (χ1n) is 7.05. The van der Waals surface area contributed by atoms with Gasteiger partial charge in [-0.3, -0.25) is 0 Å². The standard InChI is InChI=1S/C15H21BrN2O/c1-17-7-10-2-4-14(13(16)6-10)18-8-11-3-5-15(19)12(11)9-18/h2,4,6,11-12,15,17,19H,3,5,7-9H2,1H3. The summed E-state index contributed by atoms with van der Waals surface area (Å²) in [6.07, 6.45) is 2.08. The van der Waals surface area contributed by atoms with Crippen LogP contribution in [0.1, 0.15) is 18.4 Å². The van der Waals surface area contributed by atoms with Gasteiger partial charge < -0.3 is 15.3 Å². The maximum Gasteiger partial charge on any atom is 0.0588 e. The molecule has 1 aromatic rings. The minimum Gasteiger partial charge on any atom is -0.393 e. The molecule has 2 N–H and O–H groups in total. The highest BCUT2D eigenvalue weighted by atomic mass is 79.9. The number of hydrogen-bond donors (Lipinski definition) is 2. The van der Waals surface area contributed by atoms with Crippen LogP contribution in [0.3, 0.4) is 0 Å². The Morgan fingerprint density at radius 1 is 1.37 bits per heavy atom. The van der Waals surface area contributed by atoms with Crippen molar-refractivity contribution in [3.8, 4) is 0 Å². The van der Waals surface area contributed by atoms with Crippen LogP contribution in [0.25, 0.3) is 0 Å². The fraction of sp³-hybridized carbons (Fsp3) is 0.600. The van der Waals surface area contributed by atoms with Gasteiger partial charge in [-0.1, -0.05) is 6.07 Å². The third-order valence-electron chi connectivity index (χ3n) is 4.55. The smallest absolute Gasteiger partial charge is 0.0588 e. The lowest BCUT2D eigenvalue weighted by Crippen LogP contribution is -2.24. The van der Waals surface area contributed by atoms with Gasteiger partial charge in [0.25, 0.3) is 0 Å². The first-order valence-corrected chi connectivity index (χ1v) is 7.84. The number of rotatable bonds is 3. The van der Waals surface area contributed by atoms with Gasteiger partial charge in [-0.15, -0.1) is 0 Å². The first kappa shape index (κ1) is 13.4. The molecule has 1 saturated heterocycles. The summed E-state index contributed by atoms with van der Waals surface area (Å²) in [5.41, 5.74) is 2.55. The fourth-order valence-corrected chi connectivity index (χ4v) is 4.23. The van der Waals surface area contributed by atoms with E-state index < -0.39 is 0 Å². The zero-order valence-corrected chi connectivity index (χ0v) is 12.9. The van der Waals surface area contributed by atoms with Gasteiger partial charge in [-0.25, -0.2) is 0 Å². The predicted octanol–water partition coefficient (Wildman–Crippen LogP) is 2.38. The van der Waals surface area contributed by atoms with E-state index in [-0.39, 0.29) is 6.10 Å². The quantitative estimate of drug-likeness (QED) is 0.896. The summed E-state index contributed by atoms with van der Waals surface area (Å²) in [6, 6.07) is 6.57. The van der Waals surface area contributed by atoms with E-state index in [4.69, 9.17) is 0 Å². The van der Waals surface area contributed by atoms with E-state index in [1.807, 2.05) is 7.05 Å². The van der Waals surface area contributed by atoms with E-state index in [0.29, 0.717) is 11.8 Å². The molecule has 3 nitrogen and oxygen atoms in total. The van der Waals surface area contributed by atoms with Gasteiger partial charge >= 0.3 is 0 Å². The molecule has 0 amide bonds. The van der Waals surface area contributed by atoms with Gasteiger partial charge in [0.1, 0.15) is 0 Å². The average Bonchev–Trinajstić information content (AvgIpc) is 2.93. The lowest BCUT2D eigenvalue weighted by Gasteiger charge is -2.22. The summed E-state index contributed by atoms with van der Waals surface area (Å²) < 4.78 is 1.16. The summed E-state index contributed by atoms with van der Waals surface area (Å²) in [7, 11) is 1.96. The van der Waals surface area contributed by atoms with Gasteiger partial charge in [-0.05, 0) is 59.4 Å². The molecule has 1 aliphatic carbocycles. The highest BCUT2D eigenvalue weighted by molar-refractivity contribution is 9.10. The minimum atomic E-state index is -0.0858. The zero-order chi connectivity index (χ0) is 13.4. The number of aliphatic hydroxyl groups is 1. The molecule has 2 aliphatic rings. The Kier molecular flexibility index (Phi) is 3.83. The molecule has 19 heavy (non-hydrogen) atoms. The third kappa shape index (κ3) is 2.54. The zero-order valence-electron chi connectivity index (χ0n) is 11.3. The molecule has 104 valence electrons. The maximum atomic E-state index is 10.0. The lowest BCUT2D eigenvalue weighted by atomic mass is 10.00. The minimum absolute atomic E-state index is 0.0858. The van der Waals surface area contributed by atoms with Gasteiger partial charge in [0.15, 0.2) is 0 Å². The normalized spacial score (nSPS) is 29.8. The number of aliphatic hydroxyl groups excluding tert-OH is 1. The molecule has 0 bridgehead atoms. The average molecular weight is 325 g/mol. The van der Waals surface area contributed by atoms with Crippen LogP contribution in [0.2, 0.25) is 0 Å². The second-order valence-electron chi connectivity index (χ2n) is 5.79. The van der Waals surface area contributed by atoms with E-state index in [9.17, 15) is 5.11 Å². The topological polar surface area (TPSA) is 35.5 Å². The molecule has 0 radical (unpaired) electrons. The van der Waals surface area contributed by atoms with Crippen molar-refractivity contribution < 1.29 is 5.11 Å². The third-order valence-corrected chi connectivity index (χ3v) is 5.19. The van der Waals surface area contributed by atoms with E-state index in [0.717, 1.165) is 30.5 Å². The molecule has 3 atom stereocenters. The van der Waals surface area contributed by atoms with Gasteiger partial charge in [-0.2, -0.15) is 0 Å². The number of halogens is 1. The number of fused-ring (bicyclic) bond motifs is 1. The molecule has 3 unspecified atom stereocenters. The van der Waals surface area contributed by atoms with Crippen molar-refractivity contribution in [3.05, 3.63) is 28.2 Å². The van der Waals surface area contributed by atoms with Gasteiger partial charge in [0.2, 0.25) is 0 Å². The largest absolute Gasteiger partial charge is 0.393 e. The fourth-order valence-electron chi connectivity index (χ4n) is 3.55. The van der Waals surface area contributed by atoms with Crippen LogP contribution >= 0.6 is 15.9 Å². The Hall–Kier alpha value is -0.580. The Balaban J connectivity index is 1.77. The molecular weight excluding hydrogens is 304 g/mol. The van der Waals surface area contributed by atoms with Crippen LogP contribution in [0.5, 0.6) is 0 Å². The molecule has 2 fully saturated rings. The van der Waals surface area contributed by atoms with Crippen molar-refractivity contribution in [1.82, 2.24) is 5.32 Å². The molecule has 1 aliphatic heterocycles.